The summed E-state index contributed by atoms with van der Waals surface area (Å²) in [5.41, 5.74) is 1.46. The molecule has 0 radical (unpaired) electrons. The highest BCUT2D eigenvalue weighted by atomic mass is 16.6. The van der Waals surface area contributed by atoms with Crippen molar-refractivity contribution in [1.82, 2.24) is 0 Å². The molecule has 100 valence electrons. The van der Waals surface area contributed by atoms with E-state index in [0.29, 0.717) is 36.1 Å². The largest absolute Gasteiger partial charge is 0.373 e. The van der Waals surface area contributed by atoms with Crippen molar-refractivity contribution in [2.75, 3.05) is 6.61 Å². The van der Waals surface area contributed by atoms with Gasteiger partial charge < -0.3 is 9.47 Å². The molecule has 0 aromatic carbocycles. The number of hydrogen-bond acceptors (Lipinski definition) is 2. The first-order chi connectivity index (χ1) is 8.53. The summed E-state index contributed by atoms with van der Waals surface area (Å²) in [6, 6.07) is 0. The average Bonchev–Trinajstić information content (AvgIpc) is 3.08. The van der Waals surface area contributed by atoms with Gasteiger partial charge in [-0.2, -0.15) is 0 Å². The number of rotatable bonds is 0. The minimum Gasteiger partial charge on any atom is -0.373 e. The van der Waals surface area contributed by atoms with E-state index >= 15 is 0 Å². The van der Waals surface area contributed by atoms with Crippen LogP contribution < -0.4 is 0 Å². The quantitative estimate of drug-likeness (QED) is 0.485. The van der Waals surface area contributed by atoms with Crippen LogP contribution in [0, 0.1) is 23.2 Å². The molecule has 0 amide bonds. The minimum absolute atomic E-state index is 0.0280. The van der Waals surface area contributed by atoms with Crippen molar-refractivity contribution in [3.8, 4) is 0 Å². The van der Waals surface area contributed by atoms with Crippen LogP contribution in [0.25, 0.3) is 0 Å². The Balaban J connectivity index is 1.83. The predicted octanol–water partition coefficient (Wildman–Crippen LogP) is 3.17. The molecule has 2 heterocycles. The van der Waals surface area contributed by atoms with Crippen LogP contribution >= 0.6 is 0 Å². The summed E-state index contributed by atoms with van der Waals surface area (Å²) in [5, 5.41) is 0. The van der Waals surface area contributed by atoms with Crippen LogP contribution in [0.2, 0.25) is 0 Å². The fourth-order valence-electron chi connectivity index (χ4n) is 5.45. The lowest BCUT2D eigenvalue weighted by Crippen LogP contribution is -2.61. The molecule has 0 aromatic heterocycles. The van der Waals surface area contributed by atoms with Gasteiger partial charge in [-0.05, 0) is 23.8 Å². The molecule has 18 heavy (non-hydrogen) atoms. The fourth-order valence-corrected chi connectivity index (χ4v) is 5.45. The van der Waals surface area contributed by atoms with Crippen molar-refractivity contribution in [3.05, 3.63) is 12.2 Å². The van der Waals surface area contributed by atoms with Crippen LogP contribution in [0.15, 0.2) is 12.2 Å². The molecule has 2 aliphatic heterocycles. The molecule has 2 saturated carbocycles. The molecule has 7 atom stereocenters. The van der Waals surface area contributed by atoms with Gasteiger partial charge in [-0.3, -0.25) is 0 Å². The van der Waals surface area contributed by atoms with Crippen LogP contribution in [0.3, 0.4) is 0 Å². The van der Waals surface area contributed by atoms with Gasteiger partial charge in [-0.25, -0.2) is 0 Å². The van der Waals surface area contributed by atoms with E-state index in [1.54, 1.807) is 0 Å². The molecule has 0 N–H and O–H groups in total. The maximum atomic E-state index is 6.32. The van der Waals surface area contributed by atoms with E-state index in [9.17, 15) is 0 Å². The summed E-state index contributed by atoms with van der Waals surface area (Å²) >= 11 is 0. The SMILES string of the molecule is C=C1CO[C@@H]2[C@@H](C)[C@]13O[C@H]3[C@@]1(C)[C@@H]2CCC[C@@H]1C. The Hall–Kier alpha value is -0.340. The van der Waals surface area contributed by atoms with E-state index in [-0.39, 0.29) is 5.60 Å². The summed E-state index contributed by atoms with van der Waals surface area (Å²) in [6.45, 7) is 12.1. The molecule has 0 aromatic rings. The molecule has 2 heteroatoms. The standard InChI is InChI=1S/C16H24O2/c1-9-6-5-7-12-13-11(3)16(10(2)8-17-13)14(18-16)15(9,12)4/h9,11-14H,2,5-8H2,1,3-4H3/t9-,11+,12+,13+,14-,15+,16+/m0/s1. The summed E-state index contributed by atoms with van der Waals surface area (Å²) in [5.74, 6) is 1.92. The van der Waals surface area contributed by atoms with Gasteiger partial charge in [-0.15, -0.1) is 0 Å². The molecule has 4 aliphatic rings. The zero-order valence-corrected chi connectivity index (χ0v) is 11.7. The molecule has 4 rings (SSSR count). The van der Waals surface area contributed by atoms with Gasteiger partial charge in [0.05, 0.1) is 18.8 Å². The highest BCUT2D eigenvalue weighted by Crippen LogP contribution is 2.70. The van der Waals surface area contributed by atoms with Crippen molar-refractivity contribution in [2.45, 2.75) is 57.8 Å². The molecule has 4 fully saturated rings. The average molecular weight is 248 g/mol. The van der Waals surface area contributed by atoms with Crippen LogP contribution in [-0.2, 0) is 9.47 Å². The van der Waals surface area contributed by atoms with Crippen LogP contribution in [0.4, 0.5) is 0 Å². The minimum atomic E-state index is -0.0280. The number of ether oxygens (including phenoxy) is 2. The molecule has 2 aliphatic carbocycles. The van der Waals surface area contributed by atoms with Crippen molar-refractivity contribution in [1.29, 1.82) is 0 Å². The molecule has 2 nitrogen and oxygen atoms in total. The fraction of sp³-hybridized carbons (Fsp3) is 0.875. The van der Waals surface area contributed by atoms with Gasteiger partial charge in [-0.1, -0.05) is 40.2 Å². The van der Waals surface area contributed by atoms with Gasteiger partial charge in [0.15, 0.2) is 0 Å². The van der Waals surface area contributed by atoms with Gasteiger partial charge in [0.1, 0.15) is 5.60 Å². The van der Waals surface area contributed by atoms with Crippen LogP contribution in [0.5, 0.6) is 0 Å². The van der Waals surface area contributed by atoms with Crippen molar-refractivity contribution in [2.24, 2.45) is 23.2 Å². The maximum absolute atomic E-state index is 6.32. The zero-order chi connectivity index (χ0) is 12.7. The van der Waals surface area contributed by atoms with Crippen LogP contribution in [0.1, 0.15) is 40.0 Å². The molecule has 0 unspecified atom stereocenters. The van der Waals surface area contributed by atoms with Gasteiger partial charge in [0, 0.05) is 11.3 Å². The Bertz CT molecular complexity index is 417. The lowest BCUT2D eigenvalue weighted by atomic mass is 9.49. The molecule has 2 bridgehead atoms. The Kier molecular flexibility index (Phi) is 2.05. The number of hydrogen-bond donors (Lipinski definition) is 0. The van der Waals surface area contributed by atoms with Crippen molar-refractivity contribution >= 4 is 0 Å². The third-order valence-corrected chi connectivity index (χ3v) is 6.79. The van der Waals surface area contributed by atoms with E-state index < -0.39 is 0 Å². The zero-order valence-electron chi connectivity index (χ0n) is 11.7. The highest BCUT2D eigenvalue weighted by molar-refractivity contribution is 5.36. The molecular formula is C16H24O2. The van der Waals surface area contributed by atoms with Crippen molar-refractivity contribution < 1.29 is 9.47 Å². The summed E-state index contributed by atoms with van der Waals surface area (Å²) in [6.07, 6.45) is 4.82. The molecule has 2 saturated heterocycles. The van der Waals surface area contributed by atoms with E-state index in [2.05, 4.69) is 27.4 Å². The van der Waals surface area contributed by atoms with Gasteiger partial charge >= 0.3 is 0 Å². The Morgan fingerprint density at radius 3 is 2.83 bits per heavy atom. The Morgan fingerprint density at radius 2 is 2.06 bits per heavy atom. The van der Waals surface area contributed by atoms with Crippen LogP contribution in [-0.4, -0.2) is 24.4 Å². The first kappa shape index (κ1) is 11.5. The van der Waals surface area contributed by atoms with E-state index in [1.165, 1.54) is 24.8 Å². The lowest BCUT2D eigenvalue weighted by molar-refractivity contribution is -0.137. The smallest absolute Gasteiger partial charge is 0.123 e. The van der Waals surface area contributed by atoms with Crippen molar-refractivity contribution in [3.63, 3.8) is 0 Å². The topological polar surface area (TPSA) is 21.8 Å². The summed E-state index contributed by atoms with van der Waals surface area (Å²) in [7, 11) is 0. The van der Waals surface area contributed by atoms with Gasteiger partial charge in [0.2, 0.25) is 0 Å². The van der Waals surface area contributed by atoms with E-state index in [0.717, 1.165) is 5.92 Å². The second kappa shape index (κ2) is 3.21. The third kappa shape index (κ3) is 1.01. The summed E-state index contributed by atoms with van der Waals surface area (Å²) in [4.78, 5) is 0. The number of fused-ring (bicyclic) bond motifs is 4. The van der Waals surface area contributed by atoms with E-state index in [1.807, 2.05) is 0 Å². The van der Waals surface area contributed by atoms with Gasteiger partial charge in [0.25, 0.3) is 0 Å². The third-order valence-electron chi connectivity index (χ3n) is 6.79. The monoisotopic (exact) mass is 248 g/mol. The normalized spacial score (nSPS) is 61.9. The predicted molar refractivity (Wildman–Crippen MR) is 70.3 cm³/mol. The van der Waals surface area contributed by atoms with E-state index in [4.69, 9.17) is 9.47 Å². The molecule has 1 spiro atoms. The first-order valence-corrected chi connectivity index (χ1v) is 7.50. The first-order valence-electron chi connectivity index (χ1n) is 7.50. The summed E-state index contributed by atoms with van der Waals surface area (Å²) < 4.78 is 12.5. The Labute approximate surface area is 110 Å². The maximum Gasteiger partial charge on any atom is 0.123 e. The Morgan fingerprint density at radius 1 is 1.28 bits per heavy atom. The number of epoxide rings is 1. The second-order valence-corrected chi connectivity index (χ2v) is 7.26. The second-order valence-electron chi connectivity index (χ2n) is 7.26. The lowest BCUT2D eigenvalue weighted by Gasteiger charge is -2.56. The highest BCUT2D eigenvalue weighted by Gasteiger charge is 2.77. The molecular weight excluding hydrogens is 224 g/mol.